The maximum atomic E-state index is 12.9. The Morgan fingerprint density at radius 1 is 1.03 bits per heavy atom. The van der Waals surface area contributed by atoms with Gasteiger partial charge in [-0.25, -0.2) is 4.68 Å². The minimum absolute atomic E-state index is 0.158. The van der Waals surface area contributed by atoms with Crippen molar-refractivity contribution in [1.82, 2.24) is 25.3 Å². The third-order valence-electron chi connectivity index (χ3n) is 5.72. The van der Waals surface area contributed by atoms with Crippen molar-refractivity contribution in [3.63, 3.8) is 0 Å². The summed E-state index contributed by atoms with van der Waals surface area (Å²) in [5.41, 5.74) is 3.69. The van der Waals surface area contributed by atoms with Gasteiger partial charge in [0.2, 0.25) is 5.89 Å². The second kappa shape index (κ2) is 10.2. The summed E-state index contributed by atoms with van der Waals surface area (Å²) in [5, 5.41) is 15.7. The van der Waals surface area contributed by atoms with Crippen LogP contribution in [0.4, 0.5) is 0 Å². The fourth-order valence-corrected chi connectivity index (χ4v) is 3.85. The molecule has 9 heteroatoms. The molecular formula is C27H31N5O4. The summed E-state index contributed by atoms with van der Waals surface area (Å²) in [5.74, 6) is 2.02. The number of aryl methyl sites for hydroxylation is 1. The molecule has 2 aromatic carbocycles. The molecule has 4 rings (SSSR count). The Bertz CT molecular complexity index is 1370. The number of benzene rings is 2. The number of rotatable bonds is 8. The Balaban J connectivity index is 1.52. The highest BCUT2D eigenvalue weighted by molar-refractivity contribution is 5.94. The summed E-state index contributed by atoms with van der Waals surface area (Å²) >= 11 is 0. The van der Waals surface area contributed by atoms with Gasteiger partial charge >= 0.3 is 0 Å². The molecule has 0 aliphatic heterocycles. The van der Waals surface area contributed by atoms with Crippen LogP contribution in [0.3, 0.4) is 0 Å². The van der Waals surface area contributed by atoms with Crippen molar-refractivity contribution in [3.05, 3.63) is 71.2 Å². The molecule has 9 nitrogen and oxygen atoms in total. The molecule has 0 atom stereocenters. The third-order valence-corrected chi connectivity index (χ3v) is 5.72. The van der Waals surface area contributed by atoms with Crippen LogP contribution in [0.25, 0.3) is 17.3 Å². The van der Waals surface area contributed by atoms with E-state index in [1.165, 1.54) is 0 Å². The van der Waals surface area contributed by atoms with E-state index < -0.39 is 0 Å². The normalized spacial score (nSPS) is 11.4. The van der Waals surface area contributed by atoms with Gasteiger partial charge in [0.15, 0.2) is 11.5 Å². The largest absolute Gasteiger partial charge is 0.493 e. The molecule has 0 saturated heterocycles. The van der Waals surface area contributed by atoms with Crippen LogP contribution < -0.4 is 14.8 Å². The summed E-state index contributed by atoms with van der Waals surface area (Å²) in [4.78, 5) is 12.9. The number of amides is 1. The van der Waals surface area contributed by atoms with Crippen molar-refractivity contribution in [2.24, 2.45) is 0 Å². The number of aromatic nitrogens is 4. The van der Waals surface area contributed by atoms with E-state index in [9.17, 15) is 4.79 Å². The number of hydrogen-bond acceptors (Lipinski definition) is 7. The Kier molecular flexibility index (Phi) is 7.10. The molecule has 0 aliphatic carbocycles. The van der Waals surface area contributed by atoms with Crippen molar-refractivity contribution < 1.29 is 18.7 Å². The molecule has 0 radical (unpaired) electrons. The molecule has 0 aliphatic rings. The van der Waals surface area contributed by atoms with E-state index in [0.29, 0.717) is 47.5 Å². The molecule has 1 N–H and O–H groups in total. The van der Waals surface area contributed by atoms with Crippen molar-refractivity contribution in [1.29, 1.82) is 0 Å². The maximum absolute atomic E-state index is 12.9. The van der Waals surface area contributed by atoms with Crippen LogP contribution in [-0.2, 0) is 11.8 Å². The predicted molar refractivity (Wildman–Crippen MR) is 136 cm³/mol. The highest BCUT2D eigenvalue weighted by Gasteiger charge is 2.24. The Hall–Kier alpha value is -4.14. The van der Waals surface area contributed by atoms with Gasteiger partial charge in [0, 0.05) is 24.4 Å². The van der Waals surface area contributed by atoms with Gasteiger partial charge in [0.05, 0.1) is 25.6 Å². The summed E-state index contributed by atoms with van der Waals surface area (Å²) in [6.07, 6.45) is 0.659. The van der Waals surface area contributed by atoms with E-state index in [-0.39, 0.29) is 11.3 Å². The standard InChI is InChI=1S/C27H31N5O4/c1-17-29-30-26(36-17)21-16-24(27(2,3)4)32(31-21)20-9-7-8-19(15-20)25(33)28-13-12-18-10-11-22(34-5)23(14-18)35-6/h7-11,14-16H,12-13H2,1-6H3,(H,28,33). The van der Waals surface area contributed by atoms with Gasteiger partial charge in [-0.2, -0.15) is 5.10 Å². The molecular weight excluding hydrogens is 458 g/mol. The molecule has 0 saturated carbocycles. The van der Waals surface area contributed by atoms with E-state index in [1.54, 1.807) is 27.2 Å². The van der Waals surface area contributed by atoms with Crippen LogP contribution in [0, 0.1) is 6.92 Å². The zero-order chi connectivity index (χ0) is 25.9. The van der Waals surface area contributed by atoms with Crippen LogP contribution in [0.2, 0.25) is 0 Å². The van der Waals surface area contributed by atoms with Crippen molar-refractivity contribution in [2.75, 3.05) is 20.8 Å². The SMILES string of the molecule is COc1ccc(CCNC(=O)c2cccc(-n3nc(-c4nnc(C)o4)cc3C(C)(C)C)c2)cc1OC. The van der Waals surface area contributed by atoms with Crippen molar-refractivity contribution in [2.45, 2.75) is 39.5 Å². The van der Waals surface area contributed by atoms with Crippen LogP contribution in [0.1, 0.15) is 48.3 Å². The van der Waals surface area contributed by atoms with E-state index in [0.717, 1.165) is 16.9 Å². The fourth-order valence-electron chi connectivity index (χ4n) is 3.85. The van der Waals surface area contributed by atoms with Gasteiger partial charge < -0.3 is 19.2 Å². The number of methoxy groups -OCH3 is 2. The first-order valence-corrected chi connectivity index (χ1v) is 11.7. The second-order valence-electron chi connectivity index (χ2n) is 9.45. The smallest absolute Gasteiger partial charge is 0.268 e. The summed E-state index contributed by atoms with van der Waals surface area (Å²) in [7, 11) is 3.21. The zero-order valence-electron chi connectivity index (χ0n) is 21.5. The topological polar surface area (TPSA) is 104 Å². The molecule has 4 aromatic rings. The van der Waals surface area contributed by atoms with Gasteiger partial charge in [0.25, 0.3) is 11.8 Å². The molecule has 0 bridgehead atoms. The number of hydrogen-bond donors (Lipinski definition) is 1. The lowest BCUT2D eigenvalue weighted by atomic mass is 9.91. The zero-order valence-corrected chi connectivity index (χ0v) is 21.5. The minimum Gasteiger partial charge on any atom is -0.493 e. The molecule has 2 aromatic heterocycles. The van der Waals surface area contributed by atoms with Crippen LogP contribution in [0.15, 0.2) is 52.9 Å². The van der Waals surface area contributed by atoms with E-state index in [2.05, 4.69) is 36.3 Å². The molecule has 0 spiro atoms. The van der Waals surface area contributed by atoms with Crippen molar-refractivity contribution >= 4 is 5.91 Å². The summed E-state index contributed by atoms with van der Waals surface area (Å²) < 4.78 is 18.1. The number of ether oxygens (including phenoxy) is 2. The number of nitrogens with zero attached hydrogens (tertiary/aromatic N) is 4. The van der Waals surface area contributed by atoms with Crippen molar-refractivity contribution in [3.8, 4) is 28.8 Å². The van der Waals surface area contributed by atoms with Crippen LogP contribution in [-0.4, -0.2) is 46.6 Å². The molecule has 0 unspecified atom stereocenters. The monoisotopic (exact) mass is 489 g/mol. The molecule has 0 fully saturated rings. The highest BCUT2D eigenvalue weighted by Crippen LogP contribution is 2.30. The number of carbonyl (C=O) groups is 1. The second-order valence-corrected chi connectivity index (χ2v) is 9.45. The summed E-state index contributed by atoms with van der Waals surface area (Å²) in [6.45, 7) is 8.54. The molecule has 2 heterocycles. The van der Waals surface area contributed by atoms with E-state index in [4.69, 9.17) is 19.0 Å². The molecule has 1 amide bonds. The Labute approximate surface area is 210 Å². The van der Waals surface area contributed by atoms with Gasteiger partial charge in [-0.1, -0.05) is 32.9 Å². The first-order chi connectivity index (χ1) is 17.2. The summed E-state index contributed by atoms with van der Waals surface area (Å²) in [6, 6.07) is 15.1. The fraction of sp³-hybridized carbons (Fsp3) is 0.333. The lowest BCUT2D eigenvalue weighted by Crippen LogP contribution is -2.26. The van der Waals surface area contributed by atoms with Gasteiger partial charge in [-0.3, -0.25) is 4.79 Å². The van der Waals surface area contributed by atoms with E-state index in [1.807, 2.05) is 47.1 Å². The van der Waals surface area contributed by atoms with E-state index >= 15 is 0 Å². The average Bonchev–Trinajstić information content (AvgIpc) is 3.50. The average molecular weight is 490 g/mol. The van der Waals surface area contributed by atoms with Crippen LogP contribution in [0.5, 0.6) is 11.5 Å². The van der Waals surface area contributed by atoms with Gasteiger partial charge in [-0.15, -0.1) is 10.2 Å². The lowest BCUT2D eigenvalue weighted by molar-refractivity contribution is 0.0954. The van der Waals surface area contributed by atoms with Gasteiger partial charge in [0.1, 0.15) is 5.69 Å². The number of carbonyl (C=O) groups excluding carboxylic acids is 1. The predicted octanol–water partition coefficient (Wildman–Crippen LogP) is 4.52. The number of nitrogens with one attached hydrogen (secondary N) is 1. The molecule has 188 valence electrons. The Morgan fingerprint density at radius 3 is 2.47 bits per heavy atom. The third kappa shape index (κ3) is 5.40. The van der Waals surface area contributed by atoms with Crippen LogP contribution >= 0.6 is 0 Å². The maximum Gasteiger partial charge on any atom is 0.268 e. The molecule has 36 heavy (non-hydrogen) atoms. The van der Waals surface area contributed by atoms with Gasteiger partial charge in [-0.05, 0) is 48.4 Å². The quantitative estimate of drug-likeness (QED) is 0.388. The first-order valence-electron chi connectivity index (χ1n) is 11.7. The Morgan fingerprint density at radius 2 is 1.81 bits per heavy atom. The highest BCUT2D eigenvalue weighted by atomic mass is 16.5. The minimum atomic E-state index is -0.210. The first kappa shape index (κ1) is 25.0. The lowest BCUT2D eigenvalue weighted by Gasteiger charge is -2.20.